The van der Waals surface area contributed by atoms with Crippen molar-refractivity contribution in [1.82, 2.24) is 0 Å². The molecule has 0 bridgehead atoms. The Labute approximate surface area is 119 Å². The van der Waals surface area contributed by atoms with Crippen molar-refractivity contribution in [2.45, 2.75) is 51.0 Å². The second-order valence-electron chi connectivity index (χ2n) is 5.50. The molecule has 1 aromatic rings. The van der Waals surface area contributed by atoms with Crippen LogP contribution in [-0.4, -0.2) is 18.8 Å². The summed E-state index contributed by atoms with van der Waals surface area (Å²) < 4.78 is 11.0. The average molecular weight is 275 g/mol. The molecule has 1 N–H and O–H groups in total. The van der Waals surface area contributed by atoms with Crippen molar-refractivity contribution in [2.75, 3.05) is 11.9 Å². The van der Waals surface area contributed by atoms with Crippen LogP contribution in [-0.2, 0) is 4.74 Å². The summed E-state index contributed by atoms with van der Waals surface area (Å²) in [5.74, 6) is 1.47. The third kappa shape index (κ3) is 2.60. The number of rotatable bonds is 2. The maximum absolute atomic E-state index is 11.5. The van der Waals surface area contributed by atoms with Gasteiger partial charge in [0.1, 0.15) is 11.9 Å². The summed E-state index contributed by atoms with van der Waals surface area (Å²) in [4.78, 5) is 11.5. The molecular weight excluding hydrogens is 254 g/mol. The third-order valence-corrected chi connectivity index (χ3v) is 4.16. The number of hydrogen-bond acceptors (Lipinski definition) is 3. The molecule has 1 fully saturated rings. The molecule has 1 aromatic carbocycles. The molecule has 1 amide bonds. The number of benzene rings is 1. The normalized spacial score (nSPS) is 24.1. The van der Waals surface area contributed by atoms with Crippen molar-refractivity contribution in [2.24, 2.45) is 0 Å². The summed E-state index contributed by atoms with van der Waals surface area (Å²) in [6.45, 7) is 2.18. The highest BCUT2D eigenvalue weighted by molar-refractivity contribution is 5.85. The number of carbonyl (C=O) groups excluding carboxylic acids is 1. The molecule has 2 atom stereocenters. The lowest BCUT2D eigenvalue weighted by Gasteiger charge is -2.15. The summed E-state index contributed by atoms with van der Waals surface area (Å²) >= 11 is 0. The minimum atomic E-state index is -0.399. The van der Waals surface area contributed by atoms with E-state index in [1.54, 1.807) is 6.92 Å². The first-order chi connectivity index (χ1) is 9.78. The number of hydrogen-bond donors (Lipinski definition) is 1. The van der Waals surface area contributed by atoms with Gasteiger partial charge in [-0.15, -0.1) is 0 Å². The number of nitrogens with one attached hydrogen (secondary N) is 1. The second kappa shape index (κ2) is 5.73. The molecule has 0 spiro atoms. The molecule has 0 aromatic heterocycles. The molecule has 0 saturated heterocycles. The molecule has 2 aliphatic rings. The highest BCUT2D eigenvalue weighted by atomic mass is 16.5. The smallest absolute Gasteiger partial charge is 0.411 e. The van der Waals surface area contributed by atoms with Crippen molar-refractivity contribution in [3.05, 3.63) is 23.8 Å². The fourth-order valence-corrected chi connectivity index (χ4v) is 3.24. The van der Waals surface area contributed by atoms with Crippen LogP contribution in [0, 0.1) is 0 Å². The first-order valence-corrected chi connectivity index (χ1v) is 7.52. The average Bonchev–Trinajstić information content (AvgIpc) is 2.61. The van der Waals surface area contributed by atoms with Gasteiger partial charge in [-0.05, 0) is 44.4 Å². The molecular formula is C16H21NO3. The van der Waals surface area contributed by atoms with Crippen LogP contribution in [0.25, 0.3) is 0 Å². The molecule has 1 saturated carbocycles. The van der Waals surface area contributed by atoms with Gasteiger partial charge in [-0.2, -0.15) is 0 Å². The fourth-order valence-electron chi connectivity index (χ4n) is 3.24. The van der Waals surface area contributed by atoms with Gasteiger partial charge < -0.3 is 9.47 Å². The van der Waals surface area contributed by atoms with E-state index in [9.17, 15) is 4.79 Å². The molecule has 20 heavy (non-hydrogen) atoms. The van der Waals surface area contributed by atoms with Gasteiger partial charge >= 0.3 is 6.09 Å². The Morgan fingerprint density at radius 3 is 3.05 bits per heavy atom. The van der Waals surface area contributed by atoms with Gasteiger partial charge in [0.2, 0.25) is 0 Å². The minimum absolute atomic E-state index is 0.324. The molecule has 4 nitrogen and oxygen atoms in total. The van der Waals surface area contributed by atoms with Gasteiger partial charge in [0, 0.05) is 17.2 Å². The Kier molecular flexibility index (Phi) is 3.81. The molecule has 0 radical (unpaired) electrons. The molecule has 1 aliphatic heterocycles. The van der Waals surface area contributed by atoms with Gasteiger partial charge in [-0.1, -0.05) is 12.8 Å². The quantitative estimate of drug-likeness (QED) is 0.885. The highest BCUT2D eigenvalue weighted by Gasteiger charge is 2.35. The van der Waals surface area contributed by atoms with E-state index in [1.807, 2.05) is 18.2 Å². The second-order valence-corrected chi connectivity index (χ2v) is 5.50. The van der Waals surface area contributed by atoms with Crippen molar-refractivity contribution >= 4 is 11.8 Å². The van der Waals surface area contributed by atoms with E-state index < -0.39 is 6.09 Å². The Morgan fingerprint density at radius 2 is 2.20 bits per heavy atom. The summed E-state index contributed by atoms with van der Waals surface area (Å²) in [5.41, 5.74) is 2.03. The van der Waals surface area contributed by atoms with Crippen LogP contribution >= 0.6 is 0 Å². The third-order valence-electron chi connectivity index (χ3n) is 4.16. The minimum Gasteiger partial charge on any atom is -0.489 e. The number of fused-ring (bicyclic) bond motifs is 3. The van der Waals surface area contributed by atoms with Crippen molar-refractivity contribution < 1.29 is 14.3 Å². The van der Waals surface area contributed by atoms with Crippen LogP contribution in [0.1, 0.15) is 50.5 Å². The lowest BCUT2D eigenvalue weighted by atomic mass is 9.91. The zero-order valence-electron chi connectivity index (χ0n) is 11.9. The van der Waals surface area contributed by atoms with Crippen LogP contribution in [0.3, 0.4) is 0 Å². The maximum atomic E-state index is 11.5. The van der Waals surface area contributed by atoms with Crippen LogP contribution in [0.4, 0.5) is 10.5 Å². The number of carbonyl (C=O) groups is 1. The molecule has 1 heterocycles. The molecule has 2 unspecified atom stereocenters. The molecule has 4 heteroatoms. The van der Waals surface area contributed by atoms with Crippen molar-refractivity contribution in [3.63, 3.8) is 0 Å². The van der Waals surface area contributed by atoms with Crippen molar-refractivity contribution in [3.8, 4) is 5.75 Å². The molecule has 3 rings (SSSR count). The maximum Gasteiger partial charge on any atom is 0.411 e. The highest BCUT2D eigenvalue weighted by Crippen LogP contribution is 2.45. The number of amides is 1. The zero-order chi connectivity index (χ0) is 13.9. The Morgan fingerprint density at radius 1 is 1.35 bits per heavy atom. The first-order valence-electron chi connectivity index (χ1n) is 7.52. The van der Waals surface area contributed by atoms with Gasteiger partial charge in [0.15, 0.2) is 0 Å². The molecule has 108 valence electrons. The number of ether oxygens (including phenoxy) is 2. The Hall–Kier alpha value is -1.71. The number of anilines is 1. The monoisotopic (exact) mass is 275 g/mol. The van der Waals surface area contributed by atoms with Gasteiger partial charge in [0.05, 0.1) is 6.61 Å². The van der Waals surface area contributed by atoms with Gasteiger partial charge in [-0.3, -0.25) is 5.32 Å². The van der Waals surface area contributed by atoms with Gasteiger partial charge in [-0.25, -0.2) is 4.79 Å². The van der Waals surface area contributed by atoms with E-state index in [0.717, 1.165) is 17.9 Å². The SMILES string of the molecule is CCOC(=O)Nc1ccc2c(c1)C1CCCCCC1O2. The Balaban J connectivity index is 1.79. The topological polar surface area (TPSA) is 47.6 Å². The predicted octanol–water partition coefficient (Wildman–Crippen LogP) is 4.06. The van der Waals surface area contributed by atoms with Crippen LogP contribution in [0.5, 0.6) is 5.75 Å². The van der Waals surface area contributed by atoms with E-state index >= 15 is 0 Å². The zero-order valence-corrected chi connectivity index (χ0v) is 11.9. The summed E-state index contributed by atoms with van der Waals surface area (Å²) in [6.07, 6.45) is 6.06. The Bertz CT molecular complexity index is 500. The fraction of sp³-hybridized carbons (Fsp3) is 0.562. The van der Waals surface area contributed by atoms with Crippen LogP contribution in [0.15, 0.2) is 18.2 Å². The predicted molar refractivity (Wildman–Crippen MR) is 77.3 cm³/mol. The van der Waals surface area contributed by atoms with Crippen LogP contribution < -0.4 is 10.1 Å². The lowest BCUT2D eigenvalue weighted by molar-refractivity contribution is 0.168. The van der Waals surface area contributed by atoms with Crippen molar-refractivity contribution in [1.29, 1.82) is 0 Å². The summed E-state index contributed by atoms with van der Waals surface area (Å²) in [7, 11) is 0. The standard InChI is InChI=1S/C16H21NO3/c1-2-19-16(18)17-11-8-9-15-13(10-11)12-6-4-3-5-7-14(12)20-15/h8-10,12,14H,2-7H2,1H3,(H,17,18). The van der Waals surface area contributed by atoms with E-state index in [-0.39, 0.29) is 0 Å². The van der Waals surface area contributed by atoms with E-state index in [2.05, 4.69) is 5.32 Å². The van der Waals surface area contributed by atoms with E-state index in [1.165, 1.54) is 31.2 Å². The summed E-state index contributed by atoms with van der Waals surface area (Å²) in [6, 6.07) is 5.88. The first kappa shape index (κ1) is 13.3. The van der Waals surface area contributed by atoms with Gasteiger partial charge in [0.25, 0.3) is 0 Å². The largest absolute Gasteiger partial charge is 0.489 e. The summed E-state index contributed by atoms with van der Waals surface area (Å²) in [5, 5.41) is 2.77. The van der Waals surface area contributed by atoms with E-state index in [4.69, 9.17) is 9.47 Å². The van der Waals surface area contributed by atoms with Crippen LogP contribution in [0.2, 0.25) is 0 Å². The molecule has 1 aliphatic carbocycles. The van der Waals surface area contributed by atoms with E-state index in [0.29, 0.717) is 18.6 Å². The lowest BCUT2D eigenvalue weighted by Crippen LogP contribution is -2.16.